The van der Waals surface area contributed by atoms with E-state index in [1.165, 1.54) is 16.7 Å². The molecule has 0 aromatic heterocycles. The highest BCUT2D eigenvalue weighted by molar-refractivity contribution is 6.13. The third-order valence-electron chi connectivity index (χ3n) is 11.7. The molecule has 0 unspecified atom stereocenters. The molecule has 0 bridgehead atoms. The van der Waals surface area contributed by atoms with E-state index in [4.69, 9.17) is 9.98 Å². The molecular weight excluding hydrogens is 751 g/mol. The first-order valence-corrected chi connectivity index (χ1v) is 21.0. The minimum atomic E-state index is -0.649. The van der Waals surface area contributed by atoms with Crippen LogP contribution >= 0.6 is 0 Å². The van der Waals surface area contributed by atoms with E-state index in [0.717, 1.165) is 38.9 Å². The van der Waals surface area contributed by atoms with E-state index >= 15 is 0 Å². The largest absolute Gasteiger partial charge is 0.282 e. The summed E-state index contributed by atoms with van der Waals surface area (Å²) in [6.07, 6.45) is 1.87. The molecule has 0 radical (unpaired) electrons. The predicted molar refractivity (Wildman–Crippen MR) is 257 cm³/mol. The molecule has 9 aromatic rings. The number of rotatable bonds is 11. The Morgan fingerprint density at radius 2 is 0.629 bits per heavy atom. The summed E-state index contributed by atoms with van der Waals surface area (Å²) in [5, 5.41) is 9.55. The molecule has 0 saturated carbocycles. The van der Waals surface area contributed by atoms with Crippen LogP contribution in [0.5, 0.6) is 0 Å². The van der Waals surface area contributed by atoms with E-state index in [1.807, 2.05) is 48.7 Å². The van der Waals surface area contributed by atoms with Gasteiger partial charge in [-0.25, -0.2) is 9.98 Å². The van der Waals surface area contributed by atoms with Gasteiger partial charge in [-0.3, -0.25) is 5.41 Å². The van der Waals surface area contributed by atoms with Crippen molar-refractivity contribution in [2.75, 3.05) is 0 Å². The fourth-order valence-electron chi connectivity index (χ4n) is 8.94. The molecule has 0 atom stereocenters. The van der Waals surface area contributed by atoms with Crippen LogP contribution in [0.1, 0.15) is 61.2 Å². The first-order valence-electron chi connectivity index (χ1n) is 21.0. The average Bonchev–Trinajstić information content (AvgIpc) is 3.36. The van der Waals surface area contributed by atoms with Crippen molar-refractivity contribution >= 4 is 17.9 Å². The summed E-state index contributed by atoms with van der Waals surface area (Å²) < 4.78 is 0. The van der Waals surface area contributed by atoms with Gasteiger partial charge in [-0.1, -0.05) is 249 Å². The smallest absolute Gasteiger partial charge is 0.161 e. The summed E-state index contributed by atoms with van der Waals surface area (Å²) >= 11 is 0. The summed E-state index contributed by atoms with van der Waals surface area (Å²) in [5.74, 6) is 0.572. The fraction of sp³-hybridized carbons (Fsp3) is 0.0339. The SMILES string of the molecule is N=C(N=C(N=Cc1cccc(C(c2ccccc2)(c2ccccc2)c2ccccc2)c1)c1ccccc1)c1cccc(C(c2ccccc2)(c2ccccc2)c2ccccc2)c1. The van der Waals surface area contributed by atoms with Crippen LogP contribution < -0.4 is 0 Å². The Morgan fingerprint density at radius 3 is 1.02 bits per heavy atom. The standard InChI is InChI=1S/C59H45N3/c60-56(47-27-23-41-55(43-47)59(51-34-16-5-17-35-51,52-36-18-6-19-37-52)53-38-20-7-21-39-53)62-57(46-25-8-1-9-26-46)61-44-45-24-22-40-54(42-45)58(48-28-10-2-11-29-48,49-30-12-3-13-31-49)50-32-14-4-15-33-50/h1-44,60H. The Kier molecular flexibility index (Phi) is 11.5. The van der Waals surface area contributed by atoms with Crippen molar-refractivity contribution in [3.8, 4) is 0 Å². The zero-order chi connectivity index (χ0) is 42.0. The summed E-state index contributed by atoms with van der Waals surface area (Å²) in [6, 6.07) is 90.8. The number of nitrogens with zero attached hydrogens (tertiary/aromatic N) is 2. The minimum Gasteiger partial charge on any atom is -0.282 e. The van der Waals surface area contributed by atoms with Crippen molar-refractivity contribution in [1.82, 2.24) is 0 Å². The van der Waals surface area contributed by atoms with Gasteiger partial charge in [0.05, 0.1) is 10.8 Å². The maximum atomic E-state index is 9.55. The zero-order valence-electron chi connectivity index (χ0n) is 34.3. The molecule has 0 aliphatic heterocycles. The van der Waals surface area contributed by atoms with Crippen molar-refractivity contribution in [2.24, 2.45) is 9.98 Å². The van der Waals surface area contributed by atoms with E-state index in [1.54, 1.807) is 0 Å². The van der Waals surface area contributed by atoms with Crippen molar-refractivity contribution in [3.05, 3.63) is 322 Å². The molecule has 3 nitrogen and oxygen atoms in total. The monoisotopic (exact) mass is 795 g/mol. The van der Waals surface area contributed by atoms with Crippen LogP contribution in [0.2, 0.25) is 0 Å². The van der Waals surface area contributed by atoms with Gasteiger partial charge < -0.3 is 0 Å². The molecule has 296 valence electrons. The third-order valence-corrected chi connectivity index (χ3v) is 11.7. The van der Waals surface area contributed by atoms with E-state index in [2.05, 4.69) is 218 Å². The van der Waals surface area contributed by atoms with Gasteiger partial charge in [0.2, 0.25) is 0 Å². The van der Waals surface area contributed by atoms with Crippen molar-refractivity contribution in [3.63, 3.8) is 0 Å². The fourth-order valence-corrected chi connectivity index (χ4v) is 8.94. The zero-order valence-corrected chi connectivity index (χ0v) is 34.3. The van der Waals surface area contributed by atoms with Gasteiger partial charge in [0.1, 0.15) is 0 Å². The number of hydrogen-bond donors (Lipinski definition) is 1. The highest BCUT2D eigenvalue weighted by Crippen LogP contribution is 2.46. The van der Waals surface area contributed by atoms with Crippen LogP contribution in [0.15, 0.2) is 271 Å². The van der Waals surface area contributed by atoms with Crippen molar-refractivity contribution < 1.29 is 0 Å². The lowest BCUT2D eigenvalue weighted by Gasteiger charge is -2.37. The Balaban J connectivity index is 1.15. The van der Waals surface area contributed by atoms with Crippen molar-refractivity contribution in [1.29, 1.82) is 5.41 Å². The van der Waals surface area contributed by atoms with E-state index < -0.39 is 10.8 Å². The maximum Gasteiger partial charge on any atom is 0.161 e. The summed E-state index contributed by atoms with van der Waals surface area (Å²) in [7, 11) is 0. The minimum absolute atomic E-state index is 0.121. The lowest BCUT2D eigenvalue weighted by atomic mass is 9.65. The van der Waals surface area contributed by atoms with E-state index in [9.17, 15) is 5.41 Å². The Hall–Kier alpha value is -8.01. The molecule has 9 rings (SSSR count). The highest BCUT2D eigenvalue weighted by Gasteiger charge is 2.39. The summed E-state index contributed by atoms with van der Waals surface area (Å²) in [4.78, 5) is 10.1. The molecule has 9 aromatic carbocycles. The Bertz CT molecular complexity index is 2740. The second kappa shape index (κ2) is 18.1. The summed E-state index contributed by atoms with van der Waals surface area (Å²) in [5.41, 5.74) is 10.3. The molecule has 62 heavy (non-hydrogen) atoms. The predicted octanol–water partition coefficient (Wildman–Crippen LogP) is 13.3. The first kappa shape index (κ1) is 39.5. The van der Waals surface area contributed by atoms with Crippen LogP contribution in [0.3, 0.4) is 0 Å². The van der Waals surface area contributed by atoms with Gasteiger partial charge in [0, 0.05) is 17.3 Å². The van der Waals surface area contributed by atoms with Gasteiger partial charge in [-0.2, -0.15) is 0 Å². The van der Waals surface area contributed by atoms with Crippen molar-refractivity contribution in [2.45, 2.75) is 10.8 Å². The highest BCUT2D eigenvalue weighted by atomic mass is 14.9. The molecule has 0 amide bonds. The van der Waals surface area contributed by atoms with E-state index in [-0.39, 0.29) is 5.84 Å². The molecular formula is C59H45N3. The van der Waals surface area contributed by atoms with Gasteiger partial charge in [-0.05, 0) is 62.2 Å². The third kappa shape index (κ3) is 7.64. The van der Waals surface area contributed by atoms with Crippen LogP contribution in [-0.4, -0.2) is 17.9 Å². The van der Waals surface area contributed by atoms with Gasteiger partial charge >= 0.3 is 0 Å². The number of nitrogens with one attached hydrogen (secondary N) is 1. The van der Waals surface area contributed by atoms with Gasteiger partial charge in [0.25, 0.3) is 0 Å². The molecule has 0 fully saturated rings. The quantitative estimate of drug-likeness (QED) is 0.0770. The second-order valence-electron chi connectivity index (χ2n) is 15.3. The molecule has 0 aliphatic carbocycles. The first-order chi connectivity index (χ1) is 30.7. The number of amidine groups is 2. The molecule has 0 aliphatic rings. The maximum absolute atomic E-state index is 9.55. The lowest BCUT2D eigenvalue weighted by Crippen LogP contribution is -2.31. The number of benzene rings is 9. The Labute approximate surface area is 364 Å². The molecule has 0 heterocycles. The number of hydrogen-bond acceptors (Lipinski definition) is 1. The van der Waals surface area contributed by atoms with Gasteiger partial charge in [0.15, 0.2) is 11.7 Å². The van der Waals surface area contributed by atoms with Crippen LogP contribution in [0.25, 0.3) is 0 Å². The lowest BCUT2D eigenvalue weighted by molar-refractivity contribution is 0.745. The summed E-state index contributed by atoms with van der Waals surface area (Å²) in [6.45, 7) is 0. The van der Waals surface area contributed by atoms with Gasteiger partial charge in [-0.15, -0.1) is 0 Å². The van der Waals surface area contributed by atoms with Crippen LogP contribution in [-0.2, 0) is 10.8 Å². The second-order valence-corrected chi connectivity index (χ2v) is 15.3. The normalized spacial score (nSPS) is 12.0. The van der Waals surface area contributed by atoms with E-state index in [0.29, 0.717) is 11.4 Å². The molecule has 3 heteroatoms. The Morgan fingerprint density at radius 1 is 0.323 bits per heavy atom. The molecule has 1 N–H and O–H groups in total. The van der Waals surface area contributed by atoms with Crippen LogP contribution in [0, 0.1) is 5.41 Å². The van der Waals surface area contributed by atoms with Crippen LogP contribution in [0.4, 0.5) is 0 Å². The molecule has 0 saturated heterocycles. The number of aliphatic imine (C=N–C) groups is 2. The topological polar surface area (TPSA) is 48.6 Å². The molecule has 0 spiro atoms. The average molecular weight is 796 g/mol.